The summed E-state index contributed by atoms with van der Waals surface area (Å²) in [6, 6.07) is 5.62. The van der Waals surface area contributed by atoms with E-state index in [0.29, 0.717) is 25.4 Å². The smallest absolute Gasteiger partial charge is 0.319 e. The second-order valence-corrected chi connectivity index (χ2v) is 6.57. The van der Waals surface area contributed by atoms with E-state index in [1.165, 1.54) is 0 Å². The predicted molar refractivity (Wildman–Crippen MR) is 92.5 cm³/mol. The minimum atomic E-state index is -0.309. The van der Waals surface area contributed by atoms with Crippen molar-refractivity contribution in [2.45, 2.75) is 25.4 Å². The molecule has 1 aliphatic heterocycles. The summed E-state index contributed by atoms with van der Waals surface area (Å²) in [6.45, 7) is 3.73. The highest BCUT2D eigenvalue weighted by atomic mass is 16.5. The number of amides is 2. The lowest BCUT2D eigenvalue weighted by Gasteiger charge is -2.23. The lowest BCUT2D eigenvalue weighted by Crippen LogP contribution is -2.48. The van der Waals surface area contributed by atoms with Crippen LogP contribution in [-0.4, -0.2) is 43.9 Å². The van der Waals surface area contributed by atoms with Crippen molar-refractivity contribution in [2.75, 3.05) is 18.5 Å². The molecule has 2 N–H and O–H groups in total. The molecular weight excluding hydrogens is 320 g/mol. The number of carbonyl (C=O) groups is 1. The molecule has 1 fully saturated rings. The first kappa shape index (κ1) is 15.6. The molecule has 0 aliphatic carbocycles. The molecule has 8 nitrogen and oxygen atoms in total. The number of pyridine rings is 1. The van der Waals surface area contributed by atoms with Gasteiger partial charge in [0.2, 0.25) is 0 Å². The molecule has 25 heavy (non-hydrogen) atoms. The van der Waals surface area contributed by atoms with E-state index in [1.54, 1.807) is 17.1 Å². The van der Waals surface area contributed by atoms with Gasteiger partial charge in [0, 0.05) is 25.2 Å². The van der Waals surface area contributed by atoms with Gasteiger partial charge in [-0.1, -0.05) is 6.07 Å². The molecular formula is C17H20N6O2. The molecule has 130 valence electrons. The molecule has 2 amide bonds. The van der Waals surface area contributed by atoms with Crippen molar-refractivity contribution in [3.63, 3.8) is 0 Å². The fraction of sp³-hybridized carbons (Fsp3) is 0.353. The number of hydrogen-bond acceptors (Lipinski definition) is 4. The number of aromatic nitrogens is 4. The summed E-state index contributed by atoms with van der Waals surface area (Å²) in [4.78, 5) is 16.7. The van der Waals surface area contributed by atoms with E-state index in [0.717, 1.165) is 17.8 Å². The van der Waals surface area contributed by atoms with E-state index in [-0.39, 0.29) is 11.6 Å². The Morgan fingerprint density at radius 1 is 1.40 bits per heavy atom. The van der Waals surface area contributed by atoms with E-state index in [1.807, 2.05) is 41.9 Å². The Bertz CT molecular complexity index is 860. The van der Waals surface area contributed by atoms with Gasteiger partial charge in [0.15, 0.2) is 0 Å². The van der Waals surface area contributed by atoms with Crippen molar-refractivity contribution in [3.05, 3.63) is 48.7 Å². The van der Waals surface area contributed by atoms with Crippen LogP contribution < -0.4 is 10.6 Å². The highest BCUT2D eigenvalue weighted by Crippen LogP contribution is 2.17. The average Bonchev–Trinajstić information content (AvgIpc) is 3.27. The fourth-order valence-electron chi connectivity index (χ4n) is 2.95. The van der Waals surface area contributed by atoms with Gasteiger partial charge < -0.3 is 19.8 Å². The molecule has 0 radical (unpaired) electrons. The third-order valence-corrected chi connectivity index (χ3v) is 4.26. The van der Waals surface area contributed by atoms with E-state index in [4.69, 9.17) is 4.74 Å². The summed E-state index contributed by atoms with van der Waals surface area (Å²) in [5.41, 5.74) is 2.13. The molecule has 4 rings (SSSR count). The highest BCUT2D eigenvalue weighted by molar-refractivity contribution is 5.89. The highest BCUT2D eigenvalue weighted by Gasteiger charge is 2.31. The van der Waals surface area contributed by atoms with Crippen molar-refractivity contribution in [1.29, 1.82) is 0 Å². The van der Waals surface area contributed by atoms with Gasteiger partial charge in [0.05, 0.1) is 36.3 Å². The minimum Gasteiger partial charge on any atom is -0.379 e. The molecule has 3 aromatic rings. The van der Waals surface area contributed by atoms with Crippen LogP contribution in [0.15, 0.2) is 43.0 Å². The van der Waals surface area contributed by atoms with Crippen molar-refractivity contribution in [3.8, 4) is 0 Å². The molecule has 1 atom stereocenters. The van der Waals surface area contributed by atoms with Crippen LogP contribution >= 0.6 is 0 Å². The zero-order valence-corrected chi connectivity index (χ0v) is 14.0. The van der Waals surface area contributed by atoms with Gasteiger partial charge in [-0.05, 0) is 25.5 Å². The van der Waals surface area contributed by atoms with Crippen LogP contribution in [-0.2, 0) is 11.3 Å². The van der Waals surface area contributed by atoms with Gasteiger partial charge in [-0.15, -0.1) is 0 Å². The number of urea groups is 1. The SMILES string of the molecule is C[C@]1(NC(=O)Nc2cnn(Cc3cn4ccccc4n3)c2)CCOC1. The van der Waals surface area contributed by atoms with Crippen LogP contribution in [0.1, 0.15) is 19.0 Å². The molecule has 3 aromatic heterocycles. The standard InChI is InChI=1S/C17H20N6O2/c1-17(5-7-25-12-17)21-16(24)20-13-8-18-23(10-13)11-14-9-22-6-3-2-4-15(22)19-14/h2-4,6,8-10H,5,7,11-12H2,1H3,(H2,20,21,24)/t17-/m0/s1. The Morgan fingerprint density at radius 3 is 3.12 bits per heavy atom. The van der Waals surface area contributed by atoms with Crippen molar-refractivity contribution < 1.29 is 9.53 Å². The van der Waals surface area contributed by atoms with Crippen LogP contribution in [0.3, 0.4) is 0 Å². The Labute approximate surface area is 144 Å². The maximum Gasteiger partial charge on any atom is 0.319 e. The number of anilines is 1. The number of carbonyl (C=O) groups excluding carboxylic acids is 1. The topological polar surface area (TPSA) is 85.5 Å². The fourth-order valence-corrected chi connectivity index (χ4v) is 2.95. The van der Waals surface area contributed by atoms with Crippen LogP contribution in [0.25, 0.3) is 5.65 Å². The predicted octanol–water partition coefficient (Wildman–Crippen LogP) is 1.88. The Morgan fingerprint density at radius 2 is 2.32 bits per heavy atom. The number of hydrogen-bond donors (Lipinski definition) is 2. The summed E-state index contributed by atoms with van der Waals surface area (Å²) in [5.74, 6) is 0. The maximum atomic E-state index is 12.1. The lowest BCUT2D eigenvalue weighted by atomic mass is 10.0. The summed E-state index contributed by atoms with van der Waals surface area (Å²) in [6.07, 6.45) is 8.16. The van der Waals surface area contributed by atoms with E-state index >= 15 is 0 Å². The first-order valence-corrected chi connectivity index (χ1v) is 8.22. The van der Waals surface area contributed by atoms with Gasteiger partial charge in [0.25, 0.3) is 0 Å². The maximum absolute atomic E-state index is 12.1. The summed E-state index contributed by atoms with van der Waals surface area (Å²) in [7, 11) is 0. The summed E-state index contributed by atoms with van der Waals surface area (Å²) in [5, 5.41) is 10.0. The van der Waals surface area contributed by atoms with Gasteiger partial charge in [-0.25, -0.2) is 9.78 Å². The van der Waals surface area contributed by atoms with Gasteiger partial charge in [-0.2, -0.15) is 5.10 Å². The number of fused-ring (bicyclic) bond motifs is 1. The normalized spacial score (nSPS) is 20.0. The monoisotopic (exact) mass is 340 g/mol. The average molecular weight is 340 g/mol. The number of imidazole rings is 1. The zero-order chi connectivity index (χ0) is 17.3. The van der Waals surface area contributed by atoms with Gasteiger partial charge in [0.1, 0.15) is 5.65 Å². The number of nitrogens with zero attached hydrogens (tertiary/aromatic N) is 4. The van der Waals surface area contributed by atoms with Crippen molar-refractivity contribution in [1.82, 2.24) is 24.5 Å². The molecule has 0 spiro atoms. The minimum absolute atomic E-state index is 0.250. The van der Waals surface area contributed by atoms with E-state index in [9.17, 15) is 4.79 Å². The largest absolute Gasteiger partial charge is 0.379 e. The second kappa shape index (κ2) is 6.21. The third kappa shape index (κ3) is 3.48. The molecule has 1 aliphatic rings. The zero-order valence-electron chi connectivity index (χ0n) is 14.0. The third-order valence-electron chi connectivity index (χ3n) is 4.26. The summed E-state index contributed by atoms with van der Waals surface area (Å²) >= 11 is 0. The molecule has 4 heterocycles. The van der Waals surface area contributed by atoms with Gasteiger partial charge >= 0.3 is 6.03 Å². The molecule has 0 saturated carbocycles. The number of rotatable bonds is 4. The Hall–Kier alpha value is -2.87. The van der Waals surface area contributed by atoms with Crippen molar-refractivity contribution in [2.24, 2.45) is 0 Å². The Kier molecular flexibility index (Phi) is 3.89. The van der Waals surface area contributed by atoms with Gasteiger partial charge in [-0.3, -0.25) is 4.68 Å². The first-order valence-electron chi connectivity index (χ1n) is 8.22. The molecule has 0 unspecified atom stereocenters. The molecule has 1 saturated heterocycles. The number of nitrogens with one attached hydrogen (secondary N) is 2. The Balaban J connectivity index is 1.39. The van der Waals surface area contributed by atoms with Crippen LogP contribution in [0.2, 0.25) is 0 Å². The molecule has 0 aromatic carbocycles. The number of ether oxygens (including phenoxy) is 1. The molecule has 0 bridgehead atoms. The van der Waals surface area contributed by atoms with Crippen LogP contribution in [0.4, 0.5) is 10.5 Å². The van der Waals surface area contributed by atoms with Crippen molar-refractivity contribution >= 4 is 17.4 Å². The molecule has 8 heteroatoms. The summed E-state index contributed by atoms with van der Waals surface area (Å²) < 4.78 is 9.05. The van der Waals surface area contributed by atoms with E-state index < -0.39 is 0 Å². The quantitative estimate of drug-likeness (QED) is 0.759. The van der Waals surface area contributed by atoms with Crippen LogP contribution in [0.5, 0.6) is 0 Å². The first-order chi connectivity index (χ1) is 12.1. The van der Waals surface area contributed by atoms with E-state index in [2.05, 4.69) is 20.7 Å². The second-order valence-electron chi connectivity index (χ2n) is 6.57. The van der Waals surface area contributed by atoms with Crippen LogP contribution in [0, 0.1) is 0 Å². The lowest BCUT2D eigenvalue weighted by molar-refractivity contribution is 0.172.